The molecule has 0 radical (unpaired) electrons. The Labute approximate surface area is 93.6 Å². The molecule has 0 bridgehead atoms. The van der Waals surface area contributed by atoms with Crippen LogP contribution in [0.25, 0.3) is 0 Å². The zero-order valence-electron chi connectivity index (χ0n) is 8.87. The zero-order valence-corrected chi connectivity index (χ0v) is 8.87. The molecule has 0 aromatic heterocycles. The second-order valence-corrected chi connectivity index (χ2v) is 3.06. The van der Waals surface area contributed by atoms with Crippen LogP contribution in [0.2, 0.25) is 0 Å². The van der Waals surface area contributed by atoms with Gasteiger partial charge in [-0.3, -0.25) is 5.32 Å². The molecule has 84 valence electrons. The van der Waals surface area contributed by atoms with E-state index in [2.05, 4.69) is 16.0 Å². The van der Waals surface area contributed by atoms with Crippen molar-refractivity contribution in [3.8, 4) is 12.3 Å². The lowest BCUT2D eigenvalue weighted by Gasteiger charge is -2.15. The number of ether oxygens (including phenoxy) is 1. The molecule has 1 N–H and O–H groups in total. The number of methoxy groups -OCH3 is 1. The van der Waals surface area contributed by atoms with Gasteiger partial charge in [0.1, 0.15) is 11.9 Å². The second kappa shape index (κ2) is 5.89. The molecule has 0 heterocycles. The molecule has 16 heavy (non-hydrogen) atoms. The summed E-state index contributed by atoms with van der Waals surface area (Å²) in [6.45, 7) is 0.161. The summed E-state index contributed by atoms with van der Waals surface area (Å²) in [5, 5.41) is 2.73. The van der Waals surface area contributed by atoms with Crippen molar-refractivity contribution in [2.45, 2.75) is 6.04 Å². The van der Waals surface area contributed by atoms with Crippen molar-refractivity contribution in [3.05, 3.63) is 35.6 Å². The molecular weight excluding hydrogens is 209 g/mol. The van der Waals surface area contributed by atoms with E-state index in [-0.39, 0.29) is 12.1 Å². The Bertz CT molecular complexity index is 412. The van der Waals surface area contributed by atoms with E-state index < -0.39 is 17.8 Å². The summed E-state index contributed by atoms with van der Waals surface area (Å²) in [4.78, 5) is 11.5. The van der Waals surface area contributed by atoms with Gasteiger partial charge in [-0.25, -0.2) is 9.18 Å². The molecular formula is C12H12FNO2. The summed E-state index contributed by atoms with van der Waals surface area (Å²) in [6, 6.07) is 5.12. The van der Waals surface area contributed by atoms with Crippen LogP contribution in [0.15, 0.2) is 24.3 Å². The topological polar surface area (TPSA) is 38.3 Å². The van der Waals surface area contributed by atoms with Gasteiger partial charge in [0.15, 0.2) is 0 Å². The molecule has 1 unspecified atom stereocenters. The minimum absolute atomic E-state index is 0.161. The van der Waals surface area contributed by atoms with Crippen LogP contribution in [-0.2, 0) is 9.53 Å². The number of esters is 1. The number of terminal acetylenes is 1. The third kappa shape index (κ3) is 2.81. The Balaban J connectivity index is 2.97. The van der Waals surface area contributed by atoms with Gasteiger partial charge in [0.2, 0.25) is 0 Å². The molecule has 0 aliphatic heterocycles. The van der Waals surface area contributed by atoms with Crippen molar-refractivity contribution >= 4 is 5.97 Å². The quantitative estimate of drug-likeness (QED) is 0.614. The Kier molecular flexibility index (Phi) is 4.49. The monoisotopic (exact) mass is 221 g/mol. The summed E-state index contributed by atoms with van der Waals surface area (Å²) >= 11 is 0. The minimum Gasteiger partial charge on any atom is -0.468 e. The first kappa shape index (κ1) is 12.2. The van der Waals surface area contributed by atoms with Gasteiger partial charge in [-0.15, -0.1) is 6.42 Å². The minimum atomic E-state index is -0.873. The average Bonchev–Trinajstić information content (AvgIpc) is 2.31. The molecule has 0 aliphatic rings. The van der Waals surface area contributed by atoms with E-state index in [1.807, 2.05) is 0 Å². The van der Waals surface area contributed by atoms with Gasteiger partial charge >= 0.3 is 5.97 Å². The molecule has 1 rings (SSSR count). The number of hydrogen-bond donors (Lipinski definition) is 1. The van der Waals surface area contributed by atoms with Crippen molar-refractivity contribution in [3.63, 3.8) is 0 Å². The van der Waals surface area contributed by atoms with Gasteiger partial charge in [-0.05, 0) is 6.07 Å². The van der Waals surface area contributed by atoms with Gasteiger partial charge in [-0.1, -0.05) is 24.1 Å². The summed E-state index contributed by atoms with van der Waals surface area (Å²) in [5.41, 5.74) is 0.226. The maximum atomic E-state index is 13.5. The Morgan fingerprint density at radius 1 is 1.62 bits per heavy atom. The molecule has 1 aromatic carbocycles. The molecule has 0 spiro atoms. The number of nitrogens with one attached hydrogen (secondary N) is 1. The third-order valence-electron chi connectivity index (χ3n) is 2.06. The number of halogens is 1. The van der Waals surface area contributed by atoms with E-state index in [0.717, 1.165) is 0 Å². The molecule has 0 fully saturated rings. The summed E-state index contributed by atoms with van der Waals surface area (Å²) in [5.74, 6) is 1.29. The summed E-state index contributed by atoms with van der Waals surface area (Å²) < 4.78 is 18.0. The fourth-order valence-corrected chi connectivity index (χ4v) is 1.31. The highest BCUT2D eigenvalue weighted by Gasteiger charge is 2.23. The number of benzene rings is 1. The third-order valence-corrected chi connectivity index (χ3v) is 2.06. The second-order valence-electron chi connectivity index (χ2n) is 3.06. The largest absolute Gasteiger partial charge is 0.468 e. The van der Waals surface area contributed by atoms with Gasteiger partial charge in [0.05, 0.1) is 13.7 Å². The van der Waals surface area contributed by atoms with E-state index in [4.69, 9.17) is 6.42 Å². The predicted molar refractivity (Wildman–Crippen MR) is 58.0 cm³/mol. The SMILES string of the molecule is C#CCNC(C(=O)OC)c1ccccc1F. The highest BCUT2D eigenvalue weighted by atomic mass is 19.1. The maximum Gasteiger partial charge on any atom is 0.327 e. The van der Waals surface area contributed by atoms with Crippen LogP contribution in [-0.4, -0.2) is 19.6 Å². The van der Waals surface area contributed by atoms with Gasteiger partial charge < -0.3 is 4.74 Å². The van der Waals surface area contributed by atoms with Crippen LogP contribution in [0.4, 0.5) is 4.39 Å². The van der Waals surface area contributed by atoms with Crippen LogP contribution in [0.5, 0.6) is 0 Å². The normalized spacial score (nSPS) is 11.6. The lowest BCUT2D eigenvalue weighted by Crippen LogP contribution is -2.30. The number of hydrogen-bond acceptors (Lipinski definition) is 3. The van der Waals surface area contributed by atoms with Gasteiger partial charge in [-0.2, -0.15) is 0 Å². The molecule has 0 saturated carbocycles. The lowest BCUT2D eigenvalue weighted by atomic mass is 10.1. The van der Waals surface area contributed by atoms with Gasteiger partial charge in [0, 0.05) is 5.56 Å². The van der Waals surface area contributed by atoms with Crippen LogP contribution in [0, 0.1) is 18.2 Å². The van der Waals surface area contributed by atoms with E-state index in [1.54, 1.807) is 12.1 Å². The molecule has 1 aromatic rings. The molecule has 4 heteroatoms. The maximum absolute atomic E-state index is 13.5. The molecule has 0 aliphatic carbocycles. The fourth-order valence-electron chi connectivity index (χ4n) is 1.31. The van der Waals surface area contributed by atoms with E-state index >= 15 is 0 Å². The smallest absolute Gasteiger partial charge is 0.327 e. The zero-order chi connectivity index (χ0) is 12.0. The van der Waals surface area contributed by atoms with E-state index in [1.165, 1.54) is 19.2 Å². The number of rotatable bonds is 4. The van der Waals surface area contributed by atoms with Crippen LogP contribution in [0.1, 0.15) is 11.6 Å². The van der Waals surface area contributed by atoms with Crippen LogP contribution >= 0.6 is 0 Å². The Hall–Kier alpha value is -1.86. The van der Waals surface area contributed by atoms with Crippen LogP contribution in [0.3, 0.4) is 0 Å². The highest BCUT2D eigenvalue weighted by molar-refractivity contribution is 5.77. The van der Waals surface area contributed by atoms with Gasteiger partial charge in [0.25, 0.3) is 0 Å². The van der Waals surface area contributed by atoms with Crippen molar-refractivity contribution in [1.29, 1.82) is 0 Å². The standard InChI is InChI=1S/C12H12FNO2/c1-3-8-14-11(12(15)16-2)9-6-4-5-7-10(9)13/h1,4-7,11,14H,8H2,2H3. The first-order chi connectivity index (χ1) is 7.70. The van der Waals surface area contributed by atoms with Crippen molar-refractivity contribution < 1.29 is 13.9 Å². The van der Waals surface area contributed by atoms with Crippen LogP contribution < -0.4 is 5.32 Å². The predicted octanol–water partition coefficient (Wildman–Crippen LogP) is 1.26. The van der Waals surface area contributed by atoms with Crippen molar-refractivity contribution in [2.75, 3.05) is 13.7 Å². The molecule has 1 atom stereocenters. The molecule has 0 amide bonds. The molecule has 3 nitrogen and oxygen atoms in total. The van der Waals surface area contributed by atoms with E-state index in [9.17, 15) is 9.18 Å². The first-order valence-electron chi connectivity index (χ1n) is 4.69. The fraction of sp³-hybridized carbons (Fsp3) is 0.250. The molecule has 0 saturated heterocycles. The lowest BCUT2D eigenvalue weighted by molar-refractivity contribution is -0.143. The van der Waals surface area contributed by atoms with Crippen molar-refractivity contribution in [2.24, 2.45) is 0 Å². The van der Waals surface area contributed by atoms with E-state index in [0.29, 0.717) is 0 Å². The summed E-state index contributed by atoms with van der Waals surface area (Å²) in [6.07, 6.45) is 5.08. The first-order valence-corrected chi connectivity index (χ1v) is 4.69. The Morgan fingerprint density at radius 3 is 2.88 bits per heavy atom. The number of carbonyl (C=O) groups excluding carboxylic acids is 1. The van der Waals surface area contributed by atoms with Crippen molar-refractivity contribution in [1.82, 2.24) is 5.32 Å². The summed E-state index contributed by atoms with van der Waals surface area (Å²) in [7, 11) is 1.24. The Morgan fingerprint density at radius 2 is 2.31 bits per heavy atom. The average molecular weight is 221 g/mol. The highest BCUT2D eigenvalue weighted by Crippen LogP contribution is 2.17. The number of carbonyl (C=O) groups is 1.